The molecule has 0 N–H and O–H groups in total. The van der Waals surface area contributed by atoms with E-state index in [4.69, 9.17) is 0 Å². The standard InChI is InChI=1S/C50H48N2/c1-49(2,3)35-25-29-39(30-26-35)51(37-17-9-7-10-18-37)47-33-45-42-22-14-16-24-44(42)48(34-46(45)41-21-13-15-23-43(41)47)52(38-19-11-8-12-20-38)40-31-27-36(28-32-40)50(4,5)6/h7-31,33-34,40H,32H2,1-6H3. The highest BCUT2D eigenvalue weighted by atomic mass is 15.2. The Bertz CT molecular complexity index is 2440. The minimum absolute atomic E-state index is 0.0780. The minimum Gasteiger partial charge on any atom is -0.334 e. The second-order valence-electron chi connectivity index (χ2n) is 16.2. The summed E-state index contributed by atoms with van der Waals surface area (Å²) in [5.41, 5.74) is 8.80. The van der Waals surface area contributed by atoms with Crippen LogP contribution in [0.5, 0.6) is 0 Å². The molecule has 7 aromatic rings. The molecule has 0 aliphatic heterocycles. The summed E-state index contributed by atoms with van der Waals surface area (Å²) >= 11 is 0. The minimum atomic E-state index is 0.0780. The van der Waals surface area contributed by atoms with E-state index in [9.17, 15) is 0 Å². The van der Waals surface area contributed by atoms with Crippen molar-refractivity contribution < 1.29 is 0 Å². The van der Waals surface area contributed by atoms with Gasteiger partial charge < -0.3 is 9.80 Å². The fourth-order valence-electron chi connectivity index (χ4n) is 7.87. The van der Waals surface area contributed by atoms with Gasteiger partial charge in [0, 0.05) is 27.8 Å². The third-order valence-electron chi connectivity index (χ3n) is 10.7. The summed E-state index contributed by atoms with van der Waals surface area (Å²) in [4.78, 5) is 4.99. The summed E-state index contributed by atoms with van der Waals surface area (Å²) < 4.78 is 0. The quantitative estimate of drug-likeness (QED) is 0.162. The lowest BCUT2D eigenvalue weighted by Crippen LogP contribution is -2.31. The van der Waals surface area contributed by atoms with Crippen LogP contribution in [0.4, 0.5) is 28.4 Å². The van der Waals surface area contributed by atoms with E-state index in [2.05, 4.69) is 215 Å². The Balaban J connectivity index is 1.38. The largest absolute Gasteiger partial charge is 0.334 e. The summed E-state index contributed by atoms with van der Waals surface area (Å²) in [6.45, 7) is 13.7. The summed E-state index contributed by atoms with van der Waals surface area (Å²) in [5, 5.41) is 7.49. The number of hydrogen-bond acceptors (Lipinski definition) is 2. The topological polar surface area (TPSA) is 6.48 Å². The molecule has 52 heavy (non-hydrogen) atoms. The lowest BCUT2D eigenvalue weighted by atomic mass is 9.82. The molecule has 0 amide bonds. The van der Waals surface area contributed by atoms with Crippen molar-refractivity contribution in [3.63, 3.8) is 0 Å². The van der Waals surface area contributed by atoms with E-state index in [0.717, 1.165) is 17.8 Å². The average Bonchev–Trinajstić information content (AvgIpc) is 3.16. The van der Waals surface area contributed by atoms with E-state index < -0.39 is 0 Å². The van der Waals surface area contributed by atoms with Gasteiger partial charge in [0.1, 0.15) is 0 Å². The monoisotopic (exact) mass is 676 g/mol. The zero-order chi connectivity index (χ0) is 36.0. The molecule has 0 bridgehead atoms. The zero-order valence-corrected chi connectivity index (χ0v) is 31.3. The van der Waals surface area contributed by atoms with Gasteiger partial charge in [-0.25, -0.2) is 0 Å². The van der Waals surface area contributed by atoms with Crippen LogP contribution in [0, 0.1) is 5.41 Å². The Labute approximate surface area is 309 Å². The molecular formula is C50H48N2. The number of hydrogen-bond donors (Lipinski definition) is 0. The summed E-state index contributed by atoms with van der Waals surface area (Å²) in [5.74, 6) is 0. The molecule has 8 rings (SSSR count). The van der Waals surface area contributed by atoms with Gasteiger partial charge in [0.05, 0.1) is 17.4 Å². The Morgan fingerprint density at radius 3 is 1.46 bits per heavy atom. The Morgan fingerprint density at radius 2 is 0.942 bits per heavy atom. The van der Waals surface area contributed by atoms with Crippen molar-refractivity contribution in [1.82, 2.24) is 0 Å². The van der Waals surface area contributed by atoms with Crippen LogP contribution in [0.1, 0.15) is 53.5 Å². The predicted molar refractivity (Wildman–Crippen MR) is 226 cm³/mol. The van der Waals surface area contributed by atoms with E-state index in [-0.39, 0.29) is 16.9 Å². The van der Waals surface area contributed by atoms with E-state index >= 15 is 0 Å². The van der Waals surface area contributed by atoms with Gasteiger partial charge in [0.15, 0.2) is 0 Å². The number of nitrogens with zero attached hydrogens (tertiary/aromatic N) is 2. The third-order valence-corrected chi connectivity index (χ3v) is 10.7. The smallest absolute Gasteiger partial charge is 0.0560 e. The molecular weight excluding hydrogens is 629 g/mol. The molecule has 2 heteroatoms. The van der Waals surface area contributed by atoms with Gasteiger partial charge in [0.2, 0.25) is 0 Å². The predicted octanol–water partition coefficient (Wildman–Crippen LogP) is 14.4. The Morgan fingerprint density at radius 1 is 0.462 bits per heavy atom. The molecule has 0 aromatic heterocycles. The zero-order valence-electron chi connectivity index (χ0n) is 31.3. The Kier molecular flexibility index (Phi) is 8.50. The maximum Gasteiger partial charge on any atom is 0.0560 e. The molecule has 0 saturated carbocycles. The normalized spacial score (nSPS) is 14.9. The van der Waals surface area contributed by atoms with Crippen LogP contribution < -0.4 is 9.80 Å². The van der Waals surface area contributed by atoms with Crippen LogP contribution in [0.2, 0.25) is 0 Å². The maximum absolute atomic E-state index is 2.56. The van der Waals surface area contributed by atoms with Crippen LogP contribution in [-0.4, -0.2) is 6.04 Å². The number of fused-ring (bicyclic) bond motifs is 5. The van der Waals surface area contributed by atoms with Gasteiger partial charge in [-0.15, -0.1) is 0 Å². The Hall–Kier alpha value is -5.60. The van der Waals surface area contributed by atoms with Crippen LogP contribution in [0.15, 0.2) is 169 Å². The molecule has 7 aromatic carbocycles. The van der Waals surface area contributed by atoms with E-state index in [0.29, 0.717) is 0 Å². The molecule has 0 fully saturated rings. The summed E-state index contributed by atoms with van der Waals surface area (Å²) in [6.07, 6.45) is 8.15. The molecule has 0 saturated heterocycles. The first-order chi connectivity index (χ1) is 25.1. The molecule has 0 radical (unpaired) electrons. The SMILES string of the molecule is CC(C)(C)C1=CCC(N(c2ccccc2)c2cc3c4ccccc4c(N(c4ccccc4)c4ccc(C(C)(C)C)cc4)cc3c3ccccc23)C=C1. The van der Waals surface area contributed by atoms with Crippen molar-refractivity contribution in [3.8, 4) is 0 Å². The van der Waals surface area contributed by atoms with Gasteiger partial charge in [-0.3, -0.25) is 0 Å². The fourth-order valence-corrected chi connectivity index (χ4v) is 7.87. The molecule has 0 spiro atoms. The lowest BCUT2D eigenvalue weighted by Gasteiger charge is -2.36. The number of allylic oxidation sites excluding steroid dienone is 2. The molecule has 1 atom stereocenters. The number of para-hydroxylation sites is 2. The van der Waals surface area contributed by atoms with Crippen molar-refractivity contribution in [2.45, 2.75) is 59.4 Å². The van der Waals surface area contributed by atoms with Gasteiger partial charge in [-0.05, 0) is 98.5 Å². The lowest BCUT2D eigenvalue weighted by molar-refractivity contribution is 0.510. The molecule has 2 nitrogen and oxygen atoms in total. The highest BCUT2D eigenvalue weighted by Gasteiger charge is 2.27. The molecule has 1 aliphatic carbocycles. The average molecular weight is 677 g/mol. The van der Waals surface area contributed by atoms with Gasteiger partial charge in [-0.1, -0.05) is 157 Å². The molecule has 258 valence electrons. The summed E-state index contributed by atoms with van der Waals surface area (Å²) in [7, 11) is 0. The highest BCUT2D eigenvalue weighted by molar-refractivity contribution is 6.24. The number of anilines is 5. The molecule has 1 aliphatic rings. The van der Waals surface area contributed by atoms with Crippen LogP contribution in [0.25, 0.3) is 32.3 Å². The van der Waals surface area contributed by atoms with Crippen molar-refractivity contribution in [1.29, 1.82) is 0 Å². The number of rotatable bonds is 6. The summed E-state index contributed by atoms with van der Waals surface area (Å²) in [6, 6.07) is 53.8. The van der Waals surface area contributed by atoms with E-state index in [1.807, 2.05) is 0 Å². The van der Waals surface area contributed by atoms with Crippen molar-refractivity contribution >= 4 is 60.8 Å². The van der Waals surface area contributed by atoms with Crippen LogP contribution in [0.3, 0.4) is 0 Å². The molecule has 1 unspecified atom stereocenters. The van der Waals surface area contributed by atoms with E-state index in [1.165, 1.54) is 60.5 Å². The number of benzene rings is 7. The van der Waals surface area contributed by atoms with Crippen molar-refractivity contribution in [3.05, 3.63) is 175 Å². The van der Waals surface area contributed by atoms with Gasteiger partial charge >= 0.3 is 0 Å². The van der Waals surface area contributed by atoms with Gasteiger partial charge in [0.25, 0.3) is 0 Å². The van der Waals surface area contributed by atoms with Gasteiger partial charge in [-0.2, -0.15) is 0 Å². The maximum atomic E-state index is 2.56. The molecule has 0 heterocycles. The third kappa shape index (κ3) is 6.17. The van der Waals surface area contributed by atoms with Crippen LogP contribution in [-0.2, 0) is 5.41 Å². The van der Waals surface area contributed by atoms with E-state index in [1.54, 1.807) is 0 Å². The first kappa shape index (κ1) is 33.5. The second-order valence-corrected chi connectivity index (χ2v) is 16.2. The highest BCUT2D eigenvalue weighted by Crippen LogP contribution is 2.47. The fraction of sp³-hybridized carbons (Fsp3) is 0.200. The first-order valence-electron chi connectivity index (χ1n) is 18.6. The van der Waals surface area contributed by atoms with Crippen molar-refractivity contribution in [2.75, 3.05) is 9.80 Å². The van der Waals surface area contributed by atoms with Crippen molar-refractivity contribution in [2.24, 2.45) is 5.41 Å². The van der Waals surface area contributed by atoms with Crippen LogP contribution >= 0.6 is 0 Å². The first-order valence-corrected chi connectivity index (χ1v) is 18.6. The second kappa shape index (κ2) is 13.2.